The smallest absolute Gasteiger partial charge is 0.325 e. The minimum Gasteiger partial charge on any atom is -0.392 e. The van der Waals surface area contributed by atoms with E-state index < -0.39 is 0 Å². The van der Waals surface area contributed by atoms with Gasteiger partial charge in [-0.3, -0.25) is 0 Å². The molecule has 1 rings (SSSR count). The average molecular weight is 373 g/mol. The normalized spacial score (nSPS) is 17.0. The van der Waals surface area contributed by atoms with Crippen molar-refractivity contribution in [3.63, 3.8) is 0 Å². The van der Waals surface area contributed by atoms with Crippen LogP contribution in [0.15, 0.2) is 0 Å². The Morgan fingerprint density at radius 3 is 2.50 bits per heavy atom. The first-order valence-corrected chi connectivity index (χ1v) is 9.77. The molecule has 1 heterocycles. The minimum atomic E-state index is -0.369. The number of aliphatic hydroxyl groups is 1. The van der Waals surface area contributed by atoms with Gasteiger partial charge in [-0.2, -0.15) is 0 Å². The number of hydrogen-bond acceptors (Lipinski definition) is 5. The van der Waals surface area contributed by atoms with Gasteiger partial charge in [0.1, 0.15) is 0 Å². The van der Waals surface area contributed by atoms with E-state index in [1.54, 1.807) is 0 Å². The highest BCUT2D eigenvalue weighted by molar-refractivity contribution is 5.93. The first kappa shape index (κ1) is 22.7. The second-order valence-corrected chi connectivity index (χ2v) is 7.17. The number of nitrogens with one attached hydrogen (secondary N) is 3. The van der Waals surface area contributed by atoms with Crippen LogP contribution >= 0.6 is 0 Å². The zero-order chi connectivity index (χ0) is 19.4. The fraction of sp³-hybridized carbons (Fsp3) is 0.889. The predicted octanol–water partition coefficient (Wildman–Crippen LogP) is 1.29. The molecule has 1 aliphatic rings. The van der Waals surface area contributed by atoms with Crippen LogP contribution in [0.25, 0.3) is 0 Å². The summed E-state index contributed by atoms with van der Waals surface area (Å²) in [6, 6.07) is -0.733. The Hall–Kier alpha value is -1.38. The molecule has 4 N–H and O–H groups in total. The molecular formula is C18H36N4O4. The van der Waals surface area contributed by atoms with Gasteiger partial charge in [-0.15, -0.1) is 0 Å². The van der Waals surface area contributed by atoms with Crippen LogP contribution in [0, 0.1) is 5.92 Å². The molecular weight excluding hydrogens is 336 g/mol. The van der Waals surface area contributed by atoms with Crippen molar-refractivity contribution in [1.29, 1.82) is 0 Å². The van der Waals surface area contributed by atoms with Crippen LogP contribution in [0.5, 0.6) is 0 Å². The van der Waals surface area contributed by atoms with E-state index in [0.717, 1.165) is 32.3 Å². The molecule has 1 aliphatic heterocycles. The summed E-state index contributed by atoms with van der Waals surface area (Å²) in [7, 11) is 0. The van der Waals surface area contributed by atoms with E-state index >= 15 is 0 Å². The topological polar surface area (TPSA) is 106 Å². The average Bonchev–Trinajstić information content (AvgIpc) is 3.39. The number of rotatable bonds is 13. The van der Waals surface area contributed by atoms with Gasteiger partial charge < -0.3 is 25.8 Å². The molecule has 2 atom stereocenters. The molecule has 0 spiro atoms. The molecule has 0 bridgehead atoms. The monoisotopic (exact) mass is 372 g/mol. The van der Waals surface area contributed by atoms with E-state index in [9.17, 15) is 14.7 Å². The standard InChI is InChI=1S/C18H36N4O4/c1-4-20-17(24)22(12-14(2)3)18(25)21-10-6-9-19-11-15(23)7-5-8-16-13-26-16/h14-16,19,23H,4-13H2,1-3H3,(H,20,24)(H,21,25). The van der Waals surface area contributed by atoms with Gasteiger partial charge in [0.05, 0.1) is 18.8 Å². The van der Waals surface area contributed by atoms with Crippen molar-refractivity contribution in [3.8, 4) is 0 Å². The Kier molecular flexibility index (Phi) is 11.2. The van der Waals surface area contributed by atoms with E-state index in [-0.39, 0.29) is 24.1 Å². The third kappa shape index (κ3) is 10.6. The van der Waals surface area contributed by atoms with E-state index in [0.29, 0.717) is 38.8 Å². The number of ether oxygens (including phenoxy) is 1. The lowest BCUT2D eigenvalue weighted by Crippen LogP contribution is -2.50. The number of epoxide rings is 1. The van der Waals surface area contributed by atoms with Gasteiger partial charge in [-0.25, -0.2) is 14.5 Å². The van der Waals surface area contributed by atoms with Crippen LogP contribution in [-0.4, -0.2) is 73.6 Å². The summed E-state index contributed by atoms with van der Waals surface area (Å²) in [6.07, 6.45) is 3.60. The second-order valence-electron chi connectivity index (χ2n) is 7.17. The zero-order valence-corrected chi connectivity index (χ0v) is 16.4. The summed E-state index contributed by atoms with van der Waals surface area (Å²) in [6.45, 7) is 9.23. The zero-order valence-electron chi connectivity index (χ0n) is 16.4. The summed E-state index contributed by atoms with van der Waals surface area (Å²) in [5.74, 6) is 0.206. The highest BCUT2D eigenvalue weighted by Gasteiger charge is 2.22. The third-order valence-electron chi connectivity index (χ3n) is 4.02. The predicted molar refractivity (Wildman–Crippen MR) is 101 cm³/mol. The highest BCUT2D eigenvalue weighted by atomic mass is 16.6. The van der Waals surface area contributed by atoms with Crippen molar-refractivity contribution in [2.45, 2.75) is 58.7 Å². The quantitative estimate of drug-likeness (QED) is 0.288. The fourth-order valence-electron chi connectivity index (χ4n) is 2.56. The minimum absolute atomic E-state index is 0.206. The lowest BCUT2D eigenvalue weighted by Gasteiger charge is -2.23. The van der Waals surface area contributed by atoms with Crippen LogP contribution in [0.1, 0.15) is 46.5 Å². The van der Waals surface area contributed by atoms with E-state index in [1.807, 2.05) is 20.8 Å². The lowest BCUT2D eigenvalue weighted by atomic mass is 10.1. The largest absolute Gasteiger partial charge is 0.392 e. The number of urea groups is 2. The van der Waals surface area contributed by atoms with Gasteiger partial charge in [0.15, 0.2) is 0 Å². The van der Waals surface area contributed by atoms with Crippen LogP contribution < -0.4 is 16.0 Å². The molecule has 2 unspecified atom stereocenters. The van der Waals surface area contributed by atoms with Crippen molar-refractivity contribution < 1.29 is 19.4 Å². The van der Waals surface area contributed by atoms with Gasteiger partial charge in [0.25, 0.3) is 0 Å². The maximum Gasteiger partial charge on any atom is 0.325 e. The molecule has 1 saturated heterocycles. The molecule has 8 nitrogen and oxygen atoms in total. The Morgan fingerprint density at radius 2 is 1.88 bits per heavy atom. The van der Waals surface area contributed by atoms with Gasteiger partial charge >= 0.3 is 12.1 Å². The van der Waals surface area contributed by atoms with Crippen LogP contribution in [0.4, 0.5) is 9.59 Å². The Labute approximate surface area is 157 Å². The number of carbonyl (C=O) groups excluding carboxylic acids is 2. The molecule has 0 aliphatic carbocycles. The van der Waals surface area contributed by atoms with Crippen LogP contribution in [0.3, 0.4) is 0 Å². The maximum atomic E-state index is 12.2. The molecule has 152 valence electrons. The molecule has 0 aromatic carbocycles. The Bertz CT molecular complexity index is 416. The summed E-state index contributed by atoms with van der Waals surface area (Å²) >= 11 is 0. The molecule has 0 aromatic rings. The molecule has 4 amide bonds. The molecule has 1 fully saturated rings. The second kappa shape index (κ2) is 12.9. The highest BCUT2D eigenvalue weighted by Crippen LogP contribution is 2.16. The molecule has 8 heteroatoms. The Morgan fingerprint density at radius 1 is 1.19 bits per heavy atom. The molecule has 0 radical (unpaired) electrons. The number of nitrogens with zero attached hydrogens (tertiary/aromatic N) is 1. The van der Waals surface area contributed by atoms with E-state index in [4.69, 9.17) is 4.74 Å². The van der Waals surface area contributed by atoms with Crippen LogP contribution in [-0.2, 0) is 4.74 Å². The number of carbonyl (C=O) groups is 2. The Balaban J connectivity index is 2.09. The van der Waals surface area contributed by atoms with Gasteiger partial charge in [-0.05, 0) is 45.1 Å². The van der Waals surface area contributed by atoms with Crippen molar-refractivity contribution >= 4 is 12.1 Å². The number of aliphatic hydroxyl groups excluding tert-OH is 1. The molecule has 26 heavy (non-hydrogen) atoms. The first-order valence-electron chi connectivity index (χ1n) is 9.77. The van der Waals surface area contributed by atoms with Crippen molar-refractivity contribution in [2.24, 2.45) is 5.92 Å². The van der Waals surface area contributed by atoms with Gasteiger partial charge in [0, 0.05) is 26.2 Å². The number of amides is 4. The first-order chi connectivity index (χ1) is 12.4. The van der Waals surface area contributed by atoms with Crippen molar-refractivity contribution in [1.82, 2.24) is 20.9 Å². The molecule has 0 saturated carbocycles. The fourth-order valence-corrected chi connectivity index (χ4v) is 2.56. The summed E-state index contributed by atoms with van der Waals surface area (Å²) in [5.41, 5.74) is 0. The van der Waals surface area contributed by atoms with E-state index in [1.165, 1.54) is 4.90 Å². The van der Waals surface area contributed by atoms with Gasteiger partial charge in [0.2, 0.25) is 0 Å². The van der Waals surface area contributed by atoms with Crippen molar-refractivity contribution in [3.05, 3.63) is 0 Å². The van der Waals surface area contributed by atoms with Crippen molar-refractivity contribution in [2.75, 3.05) is 39.3 Å². The SMILES string of the molecule is CCNC(=O)N(CC(C)C)C(=O)NCCCNCC(O)CCCC1CO1. The van der Waals surface area contributed by atoms with Gasteiger partial charge in [-0.1, -0.05) is 13.8 Å². The maximum absolute atomic E-state index is 12.2. The molecule has 0 aromatic heterocycles. The third-order valence-corrected chi connectivity index (χ3v) is 4.02. The lowest BCUT2D eigenvalue weighted by molar-refractivity contribution is 0.157. The summed E-state index contributed by atoms with van der Waals surface area (Å²) in [5, 5.41) is 18.5. The number of imide groups is 1. The number of hydrogen-bond donors (Lipinski definition) is 4. The van der Waals surface area contributed by atoms with E-state index in [2.05, 4.69) is 16.0 Å². The summed E-state index contributed by atoms with van der Waals surface area (Å²) < 4.78 is 5.14. The van der Waals surface area contributed by atoms with Crippen LogP contribution in [0.2, 0.25) is 0 Å². The summed E-state index contributed by atoms with van der Waals surface area (Å²) in [4.78, 5) is 25.4.